The number of carbonyl (C=O) groups excluding carboxylic acids is 3. The molecule has 6 heteroatoms. The highest BCUT2D eigenvalue weighted by Crippen LogP contribution is 2.06. The van der Waals surface area contributed by atoms with Gasteiger partial charge in [0.25, 0.3) is 0 Å². The van der Waals surface area contributed by atoms with Crippen LogP contribution in [-0.2, 0) is 14.4 Å². The van der Waals surface area contributed by atoms with Gasteiger partial charge in [-0.3, -0.25) is 14.4 Å². The van der Waals surface area contributed by atoms with Crippen molar-refractivity contribution in [3.8, 4) is 0 Å². The number of hydrogen-bond acceptors (Lipinski definition) is 4. The predicted octanol–water partition coefficient (Wildman–Crippen LogP) is -0.273. The van der Waals surface area contributed by atoms with Gasteiger partial charge in [0.15, 0.2) is 0 Å². The number of nitrogens with one attached hydrogen (secondary N) is 2. The van der Waals surface area contributed by atoms with Crippen LogP contribution in [0.5, 0.6) is 0 Å². The summed E-state index contributed by atoms with van der Waals surface area (Å²) in [6, 6.07) is -1.33. The third-order valence-electron chi connectivity index (χ3n) is 2.70. The predicted molar refractivity (Wildman–Crippen MR) is 72.9 cm³/mol. The van der Waals surface area contributed by atoms with Gasteiger partial charge in [0.2, 0.25) is 18.1 Å². The fourth-order valence-corrected chi connectivity index (χ4v) is 1.52. The summed E-state index contributed by atoms with van der Waals surface area (Å²) >= 11 is 0. The van der Waals surface area contributed by atoms with Gasteiger partial charge >= 0.3 is 0 Å². The van der Waals surface area contributed by atoms with Gasteiger partial charge in [0.1, 0.15) is 6.04 Å². The third-order valence-corrected chi connectivity index (χ3v) is 2.70. The molecule has 0 bridgehead atoms. The smallest absolute Gasteiger partial charge is 0.242 e. The monoisotopic (exact) mass is 270 g/mol. The molecule has 1 radical (unpaired) electrons. The van der Waals surface area contributed by atoms with Gasteiger partial charge in [-0.15, -0.1) is 0 Å². The highest BCUT2D eigenvalue weighted by Gasteiger charge is 2.25. The molecule has 0 aromatic heterocycles. The topological polar surface area (TPSA) is 101 Å². The lowest BCUT2D eigenvalue weighted by Gasteiger charge is -2.23. The molecule has 0 fully saturated rings. The first-order valence-corrected chi connectivity index (χ1v) is 6.48. The van der Waals surface area contributed by atoms with Gasteiger partial charge in [0, 0.05) is 0 Å². The van der Waals surface area contributed by atoms with E-state index in [1.54, 1.807) is 6.29 Å². The molecule has 19 heavy (non-hydrogen) atoms. The zero-order chi connectivity index (χ0) is 15.0. The zero-order valence-electron chi connectivity index (χ0n) is 12.0. The molecule has 0 aromatic carbocycles. The van der Waals surface area contributed by atoms with Crippen LogP contribution in [-0.4, -0.2) is 36.7 Å². The summed E-state index contributed by atoms with van der Waals surface area (Å²) in [5.41, 5.74) is 5.73. The first-order chi connectivity index (χ1) is 8.79. The molecule has 2 atom stereocenters. The van der Waals surface area contributed by atoms with E-state index in [2.05, 4.69) is 10.6 Å². The molecule has 2 amide bonds. The van der Waals surface area contributed by atoms with Crippen LogP contribution >= 0.6 is 0 Å². The lowest BCUT2D eigenvalue weighted by molar-refractivity contribution is -0.130. The van der Waals surface area contributed by atoms with Crippen LogP contribution in [0.25, 0.3) is 0 Å². The summed E-state index contributed by atoms with van der Waals surface area (Å²) in [6.07, 6.45) is 2.07. The molecule has 4 N–H and O–H groups in total. The van der Waals surface area contributed by atoms with Crippen molar-refractivity contribution >= 4 is 18.1 Å². The van der Waals surface area contributed by atoms with Crippen molar-refractivity contribution in [1.82, 2.24) is 10.6 Å². The Hall–Kier alpha value is -1.43. The van der Waals surface area contributed by atoms with E-state index in [0.29, 0.717) is 6.42 Å². The number of hydrogen-bond donors (Lipinski definition) is 3. The second kappa shape index (κ2) is 8.63. The average molecular weight is 270 g/mol. The molecule has 6 nitrogen and oxygen atoms in total. The van der Waals surface area contributed by atoms with Crippen molar-refractivity contribution in [2.75, 3.05) is 6.54 Å². The minimum absolute atomic E-state index is 0.00827. The maximum absolute atomic E-state index is 11.9. The summed E-state index contributed by atoms with van der Waals surface area (Å²) in [7, 11) is 0. The molecule has 0 saturated heterocycles. The van der Waals surface area contributed by atoms with Crippen LogP contribution in [0.15, 0.2) is 0 Å². The van der Waals surface area contributed by atoms with Crippen LogP contribution in [0.3, 0.4) is 0 Å². The molecule has 109 valence electrons. The van der Waals surface area contributed by atoms with E-state index in [4.69, 9.17) is 5.73 Å². The Labute approximate surface area is 114 Å². The van der Waals surface area contributed by atoms with Crippen LogP contribution in [0.4, 0.5) is 0 Å². The van der Waals surface area contributed by atoms with Gasteiger partial charge in [-0.2, -0.15) is 0 Å². The standard InChI is InChI=1S/C13H24N3O3/c1-8(2)7-10(12(18)15-5-6-17)16-13(19)11(14)9(3)4/h8-11H,5,7,14H2,1-4H3,(H,15,18)(H,16,19)/t10-,11-/m0/s1. The molecule has 0 rings (SSSR count). The fraction of sp³-hybridized carbons (Fsp3) is 0.769. The highest BCUT2D eigenvalue weighted by atomic mass is 16.2. The molecular formula is C13H24N3O3. The lowest BCUT2D eigenvalue weighted by Crippen LogP contribution is -2.53. The summed E-state index contributed by atoms with van der Waals surface area (Å²) in [4.78, 5) is 33.8. The fourth-order valence-electron chi connectivity index (χ4n) is 1.52. The Morgan fingerprint density at radius 2 is 1.74 bits per heavy atom. The van der Waals surface area contributed by atoms with Gasteiger partial charge in [-0.25, -0.2) is 0 Å². The second-order valence-corrected chi connectivity index (χ2v) is 5.32. The summed E-state index contributed by atoms with van der Waals surface area (Å²) < 4.78 is 0. The maximum atomic E-state index is 11.9. The second-order valence-electron chi connectivity index (χ2n) is 5.32. The largest absolute Gasteiger partial charge is 0.347 e. The van der Waals surface area contributed by atoms with E-state index in [0.717, 1.165) is 0 Å². The van der Waals surface area contributed by atoms with Crippen molar-refractivity contribution in [3.05, 3.63) is 0 Å². The minimum atomic E-state index is -0.675. The van der Waals surface area contributed by atoms with E-state index < -0.39 is 12.1 Å². The van der Waals surface area contributed by atoms with Crippen LogP contribution in [0, 0.1) is 11.8 Å². The van der Waals surface area contributed by atoms with Crippen molar-refractivity contribution < 1.29 is 14.4 Å². The molecular weight excluding hydrogens is 246 g/mol. The van der Waals surface area contributed by atoms with Gasteiger partial charge < -0.3 is 16.4 Å². The molecule has 0 unspecified atom stereocenters. The van der Waals surface area contributed by atoms with E-state index in [-0.39, 0.29) is 30.2 Å². The number of nitrogens with two attached hydrogens (primary N) is 1. The molecule has 0 aliphatic rings. The van der Waals surface area contributed by atoms with Crippen LogP contribution < -0.4 is 16.4 Å². The lowest BCUT2D eigenvalue weighted by atomic mass is 10.0. The van der Waals surface area contributed by atoms with E-state index in [1.807, 2.05) is 27.7 Å². The zero-order valence-corrected chi connectivity index (χ0v) is 12.0. The maximum Gasteiger partial charge on any atom is 0.242 e. The first kappa shape index (κ1) is 17.6. The van der Waals surface area contributed by atoms with Crippen LogP contribution in [0.2, 0.25) is 0 Å². The Balaban J connectivity index is 4.62. The Kier molecular flexibility index (Phi) is 7.98. The van der Waals surface area contributed by atoms with E-state index in [1.165, 1.54) is 0 Å². The molecule has 0 aliphatic heterocycles. The summed E-state index contributed by atoms with van der Waals surface area (Å²) in [5, 5.41) is 5.03. The van der Waals surface area contributed by atoms with Crippen LogP contribution in [0.1, 0.15) is 34.1 Å². The minimum Gasteiger partial charge on any atom is -0.347 e. The average Bonchev–Trinajstić information content (AvgIpc) is 2.33. The molecule has 0 heterocycles. The van der Waals surface area contributed by atoms with Gasteiger partial charge in [-0.1, -0.05) is 27.7 Å². The van der Waals surface area contributed by atoms with Crippen molar-refractivity contribution in [2.45, 2.75) is 46.2 Å². The Morgan fingerprint density at radius 3 is 2.16 bits per heavy atom. The SMILES string of the molecule is CC(C)C[C@H](NC(=O)[C@@H](N)C(C)C)C(=O)NC[C]=O. The van der Waals surface area contributed by atoms with E-state index >= 15 is 0 Å². The van der Waals surface area contributed by atoms with E-state index in [9.17, 15) is 14.4 Å². The number of amides is 2. The van der Waals surface area contributed by atoms with Crippen molar-refractivity contribution in [2.24, 2.45) is 17.6 Å². The molecule has 0 spiro atoms. The third kappa shape index (κ3) is 6.91. The van der Waals surface area contributed by atoms with Crippen molar-refractivity contribution in [1.29, 1.82) is 0 Å². The quantitative estimate of drug-likeness (QED) is 0.565. The summed E-state index contributed by atoms with van der Waals surface area (Å²) in [6.45, 7) is 7.38. The Bertz CT molecular complexity index is 316. The molecule has 0 aromatic rings. The number of carbonyl (C=O) groups is 2. The van der Waals surface area contributed by atoms with Crippen molar-refractivity contribution in [3.63, 3.8) is 0 Å². The Morgan fingerprint density at radius 1 is 1.16 bits per heavy atom. The van der Waals surface area contributed by atoms with Gasteiger partial charge in [0.05, 0.1) is 12.6 Å². The first-order valence-electron chi connectivity index (χ1n) is 6.48. The summed E-state index contributed by atoms with van der Waals surface area (Å²) in [5.74, 6) is -0.523. The molecule has 0 aliphatic carbocycles. The van der Waals surface area contributed by atoms with Gasteiger partial charge in [-0.05, 0) is 18.3 Å². The highest BCUT2D eigenvalue weighted by molar-refractivity contribution is 5.90. The normalized spacial score (nSPS) is 14.1. The molecule has 0 saturated carbocycles. The number of rotatable bonds is 8.